The van der Waals surface area contributed by atoms with Crippen LogP contribution in [0.25, 0.3) is 21.8 Å². The first-order valence-electron chi connectivity index (χ1n) is 17.9. The largest absolute Gasteiger partial charge is 0.485 e. The van der Waals surface area contributed by atoms with E-state index in [1.54, 1.807) is 24.3 Å². The molecule has 13 heteroatoms. The number of carboxylic acid groups (broad SMARTS) is 1. The fourth-order valence-corrected chi connectivity index (χ4v) is 6.76. The van der Waals surface area contributed by atoms with E-state index in [1.807, 2.05) is 95.8 Å². The van der Waals surface area contributed by atoms with Crippen LogP contribution in [0.1, 0.15) is 71.4 Å². The van der Waals surface area contributed by atoms with Gasteiger partial charge in [0, 0.05) is 24.5 Å². The van der Waals surface area contributed by atoms with E-state index in [0.29, 0.717) is 59.4 Å². The number of aliphatic carboxylic acids is 1. The van der Waals surface area contributed by atoms with Gasteiger partial charge in [-0.15, -0.1) is 0 Å². The molecule has 2 heterocycles. The van der Waals surface area contributed by atoms with Crippen LogP contribution in [-0.2, 0) is 45.1 Å². The van der Waals surface area contributed by atoms with Crippen molar-refractivity contribution in [2.75, 3.05) is 13.2 Å². The Labute approximate surface area is 329 Å². The zero-order valence-corrected chi connectivity index (χ0v) is 31.2. The Morgan fingerprint density at radius 1 is 0.579 bits per heavy atom. The molecule has 6 aromatic rings. The molecule has 0 bridgehead atoms. The Balaban J connectivity index is 0.000000248. The van der Waals surface area contributed by atoms with Crippen molar-refractivity contribution >= 4 is 56.9 Å². The Morgan fingerprint density at radius 3 is 1.30 bits per heavy atom. The minimum atomic E-state index is -1.14. The van der Waals surface area contributed by atoms with Gasteiger partial charge in [-0.05, 0) is 55.2 Å². The molecule has 0 spiro atoms. The van der Waals surface area contributed by atoms with Gasteiger partial charge in [0.25, 0.3) is 23.4 Å². The SMILES string of the molecule is C.CCc1c(C(=O)C(N)=O)c2c(OCC(=O)O)cccc2n1Cc1ccccc1.CCc1c(C(=O)C(N)=O)c2c(OCC(C)=O)cccc2n1Cc1ccccc1. The smallest absolute Gasteiger partial charge is 0.341 e. The van der Waals surface area contributed by atoms with Crippen molar-refractivity contribution < 1.29 is 43.3 Å². The number of ketones is 3. The Bertz CT molecular complexity index is 2280. The lowest BCUT2D eigenvalue weighted by molar-refractivity contribution is -0.139. The van der Waals surface area contributed by atoms with Gasteiger partial charge in [0.1, 0.15) is 18.1 Å². The molecule has 0 fully saturated rings. The number of nitrogens with two attached hydrogens (primary N) is 2. The maximum atomic E-state index is 12.7. The summed E-state index contributed by atoms with van der Waals surface area (Å²) in [5, 5.41) is 9.86. The molecule has 0 radical (unpaired) electrons. The molecule has 0 saturated carbocycles. The van der Waals surface area contributed by atoms with E-state index >= 15 is 0 Å². The second-order valence-corrected chi connectivity index (χ2v) is 12.9. The van der Waals surface area contributed by atoms with Crippen molar-refractivity contribution in [3.05, 3.63) is 131 Å². The number of carbonyl (C=O) groups is 6. The van der Waals surface area contributed by atoms with Crippen LogP contribution < -0.4 is 20.9 Å². The van der Waals surface area contributed by atoms with Crippen LogP contribution in [0.4, 0.5) is 0 Å². The summed E-state index contributed by atoms with van der Waals surface area (Å²) in [6.07, 6.45) is 1.01. The van der Waals surface area contributed by atoms with Crippen LogP contribution in [0.2, 0.25) is 0 Å². The molecule has 2 amide bonds. The number of ether oxygens (including phenoxy) is 2. The zero-order chi connectivity index (χ0) is 40.5. The number of primary amides is 2. The highest BCUT2D eigenvalue weighted by Crippen LogP contribution is 2.37. The molecule has 0 saturated heterocycles. The molecule has 0 aliphatic carbocycles. The minimum Gasteiger partial charge on any atom is -0.485 e. The highest BCUT2D eigenvalue weighted by molar-refractivity contribution is 6.45. The van der Waals surface area contributed by atoms with E-state index < -0.39 is 36.0 Å². The quantitative estimate of drug-likeness (QED) is 0.0790. The van der Waals surface area contributed by atoms with Gasteiger partial charge in [-0.3, -0.25) is 24.0 Å². The Kier molecular flexibility index (Phi) is 14.3. The number of rotatable bonds is 16. The van der Waals surface area contributed by atoms with Crippen molar-refractivity contribution in [2.24, 2.45) is 11.5 Å². The van der Waals surface area contributed by atoms with Crippen molar-refractivity contribution in [2.45, 2.75) is 54.1 Å². The molecule has 6 rings (SSSR count). The van der Waals surface area contributed by atoms with Crippen LogP contribution in [0.15, 0.2) is 97.1 Å². The van der Waals surface area contributed by atoms with E-state index in [4.69, 9.17) is 26.0 Å². The van der Waals surface area contributed by atoms with E-state index in [0.717, 1.165) is 16.6 Å². The van der Waals surface area contributed by atoms with Crippen LogP contribution in [0, 0.1) is 0 Å². The summed E-state index contributed by atoms with van der Waals surface area (Å²) in [4.78, 5) is 71.0. The molecule has 4 aromatic carbocycles. The average molecular weight is 775 g/mol. The highest BCUT2D eigenvalue weighted by atomic mass is 16.5. The number of nitrogens with zero attached hydrogens (tertiary/aromatic N) is 2. The van der Waals surface area contributed by atoms with E-state index in [2.05, 4.69) is 0 Å². The minimum absolute atomic E-state index is 0. The maximum absolute atomic E-state index is 12.7. The summed E-state index contributed by atoms with van der Waals surface area (Å²) in [6.45, 7) is 5.56. The lowest BCUT2D eigenvalue weighted by atomic mass is 10.0. The number of aromatic nitrogens is 2. The number of fused-ring (bicyclic) bond motifs is 2. The van der Waals surface area contributed by atoms with Crippen molar-refractivity contribution in [3.8, 4) is 11.5 Å². The predicted octanol–water partition coefficient (Wildman–Crippen LogP) is 5.91. The number of Topliss-reactive ketones (excluding diaryl/α,β-unsaturated/α-hetero) is 3. The second kappa shape index (κ2) is 19.0. The fourth-order valence-electron chi connectivity index (χ4n) is 6.76. The number of benzene rings is 4. The summed E-state index contributed by atoms with van der Waals surface area (Å²) in [5.74, 6) is -4.33. The van der Waals surface area contributed by atoms with E-state index in [9.17, 15) is 28.8 Å². The summed E-state index contributed by atoms with van der Waals surface area (Å²) in [5.41, 5.74) is 15.9. The van der Waals surface area contributed by atoms with Gasteiger partial charge < -0.3 is 35.2 Å². The third-order valence-electron chi connectivity index (χ3n) is 9.04. The predicted molar refractivity (Wildman–Crippen MR) is 217 cm³/mol. The lowest BCUT2D eigenvalue weighted by Crippen LogP contribution is -2.24. The molecule has 5 N–H and O–H groups in total. The van der Waals surface area contributed by atoms with Crippen LogP contribution >= 0.6 is 0 Å². The number of hydrogen-bond donors (Lipinski definition) is 3. The Hall–Kier alpha value is -7.02. The van der Waals surface area contributed by atoms with Gasteiger partial charge in [-0.25, -0.2) is 4.79 Å². The van der Waals surface area contributed by atoms with Gasteiger partial charge in [0.05, 0.1) is 32.9 Å². The topological polar surface area (TPSA) is 203 Å². The molecule has 13 nitrogen and oxygen atoms in total. The molecular formula is C44H46N4O9. The van der Waals surface area contributed by atoms with Gasteiger partial charge in [-0.1, -0.05) is 94.1 Å². The molecule has 296 valence electrons. The number of amides is 2. The maximum Gasteiger partial charge on any atom is 0.341 e. The average Bonchev–Trinajstić information content (AvgIpc) is 3.68. The first-order chi connectivity index (χ1) is 26.9. The third-order valence-corrected chi connectivity index (χ3v) is 9.04. The first kappa shape index (κ1) is 42.7. The molecule has 0 atom stereocenters. The van der Waals surface area contributed by atoms with Gasteiger partial charge in [0.15, 0.2) is 12.4 Å². The van der Waals surface area contributed by atoms with Crippen LogP contribution in [0.3, 0.4) is 0 Å². The van der Waals surface area contributed by atoms with Gasteiger partial charge >= 0.3 is 5.97 Å². The molecular weight excluding hydrogens is 729 g/mol. The van der Waals surface area contributed by atoms with Gasteiger partial charge in [0.2, 0.25) is 0 Å². The lowest BCUT2D eigenvalue weighted by Gasteiger charge is -2.11. The molecule has 0 aliphatic rings. The number of carbonyl (C=O) groups excluding carboxylic acids is 5. The molecule has 0 unspecified atom stereocenters. The number of hydrogen-bond acceptors (Lipinski definition) is 8. The molecule has 57 heavy (non-hydrogen) atoms. The highest BCUT2D eigenvalue weighted by Gasteiger charge is 2.29. The van der Waals surface area contributed by atoms with Crippen LogP contribution in [-0.4, -0.2) is 62.6 Å². The summed E-state index contributed by atoms with van der Waals surface area (Å²) in [6, 6.07) is 30.0. The van der Waals surface area contributed by atoms with Crippen molar-refractivity contribution in [1.29, 1.82) is 0 Å². The monoisotopic (exact) mass is 774 g/mol. The van der Waals surface area contributed by atoms with Crippen molar-refractivity contribution in [1.82, 2.24) is 9.13 Å². The van der Waals surface area contributed by atoms with Crippen LogP contribution in [0.5, 0.6) is 11.5 Å². The molecule has 2 aromatic heterocycles. The zero-order valence-electron chi connectivity index (χ0n) is 31.2. The van der Waals surface area contributed by atoms with Gasteiger partial charge in [-0.2, -0.15) is 0 Å². The Morgan fingerprint density at radius 2 is 0.965 bits per heavy atom. The summed E-state index contributed by atoms with van der Waals surface area (Å²) in [7, 11) is 0. The van der Waals surface area contributed by atoms with Crippen molar-refractivity contribution in [3.63, 3.8) is 0 Å². The number of carboxylic acids is 1. The third kappa shape index (κ3) is 9.45. The first-order valence-corrected chi connectivity index (χ1v) is 17.9. The summed E-state index contributed by atoms with van der Waals surface area (Å²) >= 11 is 0. The second-order valence-electron chi connectivity index (χ2n) is 12.9. The van der Waals surface area contributed by atoms with E-state index in [1.165, 1.54) is 6.92 Å². The molecule has 0 aliphatic heterocycles. The van der Waals surface area contributed by atoms with E-state index in [-0.39, 0.29) is 36.7 Å². The summed E-state index contributed by atoms with van der Waals surface area (Å²) < 4.78 is 15.0. The normalized spacial score (nSPS) is 10.6. The standard InChI is InChI=1S/C22H22N2O4.C21H20N2O5.CH4/c1-3-16-20(21(26)22(23)27)19-17(10-7-11-18(19)28-13-14(2)25)24(16)12-15-8-5-4-6-9-15;1-2-14-19(20(26)21(22)27)18-15(9-6-10-16(18)28-12-17(24)25)23(14)11-13-7-4-3-5-8-13;/h4-11H,3,12-13H2,1-2H3,(H2,23,27);3-10H,2,11-12H2,1H3,(H2,22,27)(H,24,25);1H4. The fraction of sp³-hybridized carbons (Fsp3) is 0.227.